The zero-order chi connectivity index (χ0) is 15.9. The third-order valence-corrected chi connectivity index (χ3v) is 6.65. The maximum atomic E-state index is 13.4. The molecule has 2 aliphatic heterocycles. The van der Waals surface area contributed by atoms with Gasteiger partial charge in [0.15, 0.2) is 0 Å². The Kier molecular flexibility index (Phi) is 3.72. The second kappa shape index (κ2) is 5.62. The molecule has 124 valence electrons. The van der Waals surface area contributed by atoms with Crippen molar-refractivity contribution in [3.8, 4) is 0 Å². The molecule has 1 N–H and O–H groups in total. The molecule has 3 aliphatic rings. The SMILES string of the molecule is CC1(C(=O)N2CCC3(CCNC3)CC2)CCCc2ccccc21. The summed E-state index contributed by atoms with van der Waals surface area (Å²) in [6, 6.07) is 8.58. The molecule has 23 heavy (non-hydrogen) atoms. The molecule has 1 unspecified atom stereocenters. The summed E-state index contributed by atoms with van der Waals surface area (Å²) in [4.78, 5) is 15.5. The van der Waals surface area contributed by atoms with Gasteiger partial charge in [-0.3, -0.25) is 4.79 Å². The summed E-state index contributed by atoms with van der Waals surface area (Å²) in [7, 11) is 0. The third-order valence-electron chi connectivity index (χ3n) is 6.65. The van der Waals surface area contributed by atoms with Crippen molar-refractivity contribution in [2.45, 2.75) is 50.9 Å². The van der Waals surface area contributed by atoms with Crippen LogP contribution in [0.3, 0.4) is 0 Å². The zero-order valence-corrected chi connectivity index (χ0v) is 14.2. The van der Waals surface area contributed by atoms with Crippen LogP contribution in [0.5, 0.6) is 0 Å². The van der Waals surface area contributed by atoms with Gasteiger partial charge < -0.3 is 10.2 Å². The Labute approximate surface area is 139 Å². The number of piperidine rings is 1. The summed E-state index contributed by atoms with van der Waals surface area (Å²) in [5.74, 6) is 0.366. The molecule has 3 heteroatoms. The fraction of sp³-hybridized carbons (Fsp3) is 0.650. The summed E-state index contributed by atoms with van der Waals surface area (Å²) >= 11 is 0. The molecule has 0 aromatic heterocycles. The lowest BCUT2D eigenvalue weighted by Crippen LogP contribution is -2.51. The van der Waals surface area contributed by atoms with E-state index in [0.717, 1.165) is 45.4 Å². The van der Waals surface area contributed by atoms with Gasteiger partial charge >= 0.3 is 0 Å². The fourth-order valence-corrected chi connectivity index (χ4v) is 5.02. The van der Waals surface area contributed by atoms with Gasteiger partial charge in [-0.05, 0) is 68.5 Å². The maximum absolute atomic E-state index is 13.4. The van der Waals surface area contributed by atoms with Crippen LogP contribution in [-0.4, -0.2) is 37.0 Å². The van der Waals surface area contributed by atoms with Crippen LogP contribution in [0.2, 0.25) is 0 Å². The Bertz CT molecular complexity index is 595. The third kappa shape index (κ3) is 2.50. The molecule has 0 radical (unpaired) electrons. The predicted octanol–water partition coefficient (Wildman–Crippen LogP) is 2.88. The lowest BCUT2D eigenvalue weighted by molar-refractivity contribution is -0.139. The van der Waals surface area contributed by atoms with Crippen LogP contribution in [0.4, 0.5) is 0 Å². The number of rotatable bonds is 1. The van der Waals surface area contributed by atoms with Crippen molar-refractivity contribution in [2.24, 2.45) is 5.41 Å². The van der Waals surface area contributed by atoms with E-state index in [4.69, 9.17) is 0 Å². The average Bonchev–Trinajstić information content (AvgIpc) is 3.04. The molecular formula is C20H28N2O. The minimum Gasteiger partial charge on any atom is -0.342 e. The number of amides is 1. The Morgan fingerprint density at radius 1 is 1.13 bits per heavy atom. The van der Waals surface area contributed by atoms with Crippen LogP contribution in [0.1, 0.15) is 50.2 Å². The number of carbonyl (C=O) groups is 1. The fourth-order valence-electron chi connectivity index (χ4n) is 5.02. The summed E-state index contributed by atoms with van der Waals surface area (Å²) in [5.41, 5.74) is 2.82. The maximum Gasteiger partial charge on any atom is 0.232 e. The number of aryl methyl sites for hydroxylation is 1. The van der Waals surface area contributed by atoms with Crippen molar-refractivity contribution in [2.75, 3.05) is 26.2 Å². The molecule has 1 amide bonds. The first-order valence-corrected chi connectivity index (χ1v) is 9.22. The highest BCUT2D eigenvalue weighted by atomic mass is 16.2. The molecule has 1 aromatic carbocycles. The molecule has 4 rings (SSSR count). The predicted molar refractivity (Wildman–Crippen MR) is 92.5 cm³/mol. The highest BCUT2D eigenvalue weighted by Crippen LogP contribution is 2.41. The van der Waals surface area contributed by atoms with Gasteiger partial charge in [0.1, 0.15) is 0 Å². The number of hydrogen-bond acceptors (Lipinski definition) is 2. The van der Waals surface area contributed by atoms with Crippen molar-refractivity contribution in [1.82, 2.24) is 10.2 Å². The van der Waals surface area contributed by atoms with Crippen LogP contribution in [0.25, 0.3) is 0 Å². The summed E-state index contributed by atoms with van der Waals surface area (Å²) in [6.45, 7) is 6.36. The minimum atomic E-state index is -0.312. The molecular weight excluding hydrogens is 284 g/mol. The molecule has 2 heterocycles. The molecule has 1 aliphatic carbocycles. The van der Waals surface area contributed by atoms with Gasteiger partial charge in [-0.25, -0.2) is 0 Å². The van der Waals surface area contributed by atoms with Crippen molar-refractivity contribution >= 4 is 5.91 Å². The van der Waals surface area contributed by atoms with Crippen LogP contribution in [0, 0.1) is 5.41 Å². The van der Waals surface area contributed by atoms with Crippen molar-refractivity contribution in [3.63, 3.8) is 0 Å². The van der Waals surface area contributed by atoms with E-state index in [1.54, 1.807) is 0 Å². The Balaban J connectivity index is 1.53. The number of nitrogens with one attached hydrogen (secondary N) is 1. The van der Waals surface area contributed by atoms with E-state index >= 15 is 0 Å². The number of benzene rings is 1. The van der Waals surface area contributed by atoms with E-state index < -0.39 is 0 Å². The van der Waals surface area contributed by atoms with Gasteiger partial charge in [0.25, 0.3) is 0 Å². The van der Waals surface area contributed by atoms with Gasteiger partial charge in [0.2, 0.25) is 5.91 Å². The van der Waals surface area contributed by atoms with Crippen molar-refractivity contribution in [1.29, 1.82) is 0 Å². The van der Waals surface area contributed by atoms with Gasteiger partial charge in [-0.2, -0.15) is 0 Å². The standard InChI is InChI=1S/C20H28N2O/c1-19(8-4-6-16-5-2-3-7-17(16)19)18(23)22-13-10-20(11-14-22)9-12-21-15-20/h2-3,5,7,21H,4,6,8-15H2,1H3. The first kappa shape index (κ1) is 15.2. The van der Waals surface area contributed by atoms with Crippen LogP contribution in [0.15, 0.2) is 24.3 Å². The van der Waals surface area contributed by atoms with Crippen LogP contribution < -0.4 is 5.32 Å². The van der Waals surface area contributed by atoms with Crippen LogP contribution >= 0.6 is 0 Å². The smallest absolute Gasteiger partial charge is 0.232 e. The number of carbonyl (C=O) groups excluding carboxylic acids is 1. The number of likely N-dealkylation sites (tertiary alicyclic amines) is 1. The largest absolute Gasteiger partial charge is 0.342 e. The summed E-state index contributed by atoms with van der Waals surface area (Å²) in [6.07, 6.45) is 6.86. The Morgan fingerprint density at radius 3 is 2.65 bits per heavy atom. The summed E-state index contributed by atoms with van der Waals surface area (Å²) in [5, 5.41) is 3.51. The van der Waals surface area contributed by atoms with Gasteiger partial charge in [0.05, 0.1) is 5.41 Å². The lowest BCUT2D eigenvalue weighted by Gasteiger charge is -2.44. The Hall–Kier alpha value is -1.35. The Morgan fingerprint density at radius 2 is 1.91 bits per heavy atom. The van der Waals surface area contributed by atoms with Crippen molar-refractivity contribution < 1.29 is 4.79 Å². The van der Waals surface area contributed by atoms with Gasteiger partial charge in [-0.1, -0.05) is 24.3 Å². The van der Waals surface area contributed by atoms with Crippen molar-refractivity contribution in [3.05, 3.63) is 35.4 Å². The molecule has 2 saturated heterocycles. The average molecular weight is 312 g/mol. The quantitative estimate of drug-likeness (QED) is 0.865. The second-order valence-corrected chi connectivity index (χ2v) is 8.06. The monoisotopic (exact) mass is 312 g/mol. The number of hydrogen-bond donors (Lipinski definition) is 1. The van der Waals surface area contributed by atoms with Gasteiger partial charge in [0, 0.05) is 19.6 Å². The number of fused-ring (bicyclic) bond motifs is 1. The molecule has 0 bridgehead atoms. The van der Waals surface area contributed by atoms with E-state index in [1.165, 1.54) is 30.4 Å². The minimum absolute atomic E-state index is 0.312. The first-order chi connectivity index (χ1) is 11.1. The van der Waals surface area contributed by atoms with E-state index in [-0.39, 0.29) is 5.41 Å². The first-order valence-electron chi connectivity index (χ1n) is 9.22. The molecule has 1 atom stereocenters. The van der Waals surface area contributed by atoms with E-state index in [1.807, 2.05) is 0 Å². The van der Waals surface area contributed by atoms with E-state index in [0.29, 0.717) is 11.3 Å². The molecule has 1 spiro atoms. The number of nitrogens with zero attached hydrogens (tertiary/aromatic N) is 1. The van der Waals surface area contributed by atoms with E-state index in [2.05, 4.69) is 41.4 Å². The second-order valence-electron chi connectivity index (χ2n) is 8.06. The molecule has 3 nitrogen and oxygen atoms in total. The zero-order valence-electron chi connectivity index (χ0n) is 14.2. The molecule has 2 fully saturated rings. The highest BCUT2D eigenvalue weighted by molar-refractivity contribution is 5.88. The highest BCUT2D eigenvalue weighted by Gasteiger charge is 2.44. The lowest BCUT2D eigenvalue weighted by atomic mass is 9.69. The molecule has 1 aromatic rings. The molecule has 0 saturated carbocycles. The summed E-state index contributed by atoms with van der Waals surface area (Å²) < 4.78 is 0. The normalized spacial score (nSPS) is 29.5. The van der Waals surface area contributed by atoms with E-state index in [9.17, 15) is 4.79 Å². The topological polar surface area (TPSA) is 32.3 Å². The van der Waals surface area contributed by atoms with Crippen LogP contribution in [-0.2, 0) is 16.6 Å². The van der Waals surface area contributed by atoms with Gasteiger partial charge in [-0.15, -0.1) is 0 Å².